The minimum absolute atomic E-state index is 0.164. The van der Waals surface area contributed by atoms with Gasteiger partial charge < -0.3 is 14.0 Å². The Bertz CT molecular complexity index is 1230. The standard InChI is InChI=1S/C24H29N3O4S2/c1-18-4-2-5-19(14-18)17-32-24-25-22-15-21(33(28,29)26-9-12-30-13-10-26)7-8-23(22)27(24)16-20-6-3-11-31-20/h2,4-5,7-8,14-15,20H,3,6,9-13,16-17H2,1H3/t20-/m1/s1. The van der Waals surface area contributed by atoms with Crippen LogP contribution in [0.1, 0.15) is 24.0 Å². The van der Waals surface area contributed by atoms with Crippen molar-refractivity contribution < 1.29 is 17.9 Å². The van der Waals surface area contributed by atoms with Gasteiger partial charge in [-0.15, -0.1) is 0 Å². The summed E-state index contributed by atoms with van der Waals surface area (Å²) in [5.41, 5.74) is 4.12. The highest BCUT2D eigenvalue weighted by Crippen LogP contribution is 2.31. The second kappa shape index (κ2) is 9.76. The number of sulfonamides is 1. The number of benzene rings is 2. The van der Waals surface area contributed by atoms with Gasteiger partial charge in [-0.25, -0.2) is 13.4 Å². The number of nitrogens with zero attached hydrogens (tertiary/aromatic N) is 3. The number of hydrogen-bond donors (Lipinski definition) is 0. The van der Waals surface area contributed by atoms with Crippen LogP contribution < -0.4 is 0 Å². The molecule has 3 heterocycles. The summed E-state index contributed by atoms with van der Waals surface area (Å²) in [5, 5.41) is 0.892. The number of morpholine rings is 1. The zero-order chi connectivity index (χ0) is 22.8. The highest BCUT2D eigenvalue weighted by molar-refractivity contribution is 7.98. The smallest absolute Gasteiger partial charge is 0.243 e. The molecule has 0 N–H and O–H groups in total. The third kappa shape index (κ3) is 4.97. The molecule has 176 valence electrons. The fourth-order valence-electron chi connectivity index (χ4n) is 4.41. The molecule has 2 aliphatic rings. The van der Waals surface area contributed by atoms with Gasteiger partial charge >= 0.3 is 0 Å². The van der Waals surface area contributed by atoms with Crippen molar-refractivity contribution in [3.05, 3.63) is 53.6 Å². The van der Waals surface area contributed by atoms with E-state index in [0.29, 0.717) is 31.8 Å². The lowest BCUT2D eigenvalue weighted by Gasteiger charge is -2.26. The van der Waals surface area contributed by atoms with E-state index in [4.69, 9.17) is 14.5 Å². The quantitative estimate of drug-likeness (QED) is 0.472. The predicted octanol–water partition coefficient (Wildman–Crippen LogP) is 3.84. The van der Waals surface area contributed by atoms with Crippen molar-refractivity contribution in [3.8, 4) is 0 Å². The summed E-state index contributed by atoms with van der Waals surface area (Å²) in [7, 11) is -3.57. The molecule has 9 heteroatoms. The third-order valence-corrected chi connectivity index (χ3v) is 9.10. The summed E-state index contributed by atoms with van der Waals surface area (Å²) in [6.45, 7) is 5.23. The third-order valence-electron chi connectivity index (χ3n) is 6.15. The van der Waals surface area contributed by atoms with Crippen LogP contribution in [0.3, 0.4) is 0 Å². The summed E-state index contributed by atoms with van der Waals surface area (Å²) in [6, 6.07) is 13.8. The average molecular weight is 488 g/mol. The lowest BCUT2D eigenvalue weighted by molar-refractivity contribution is 0.0730. The van der Waals surface area contributed by atoms with Gasteiger partial charge in [0.05, 0.1) is 41.8 Å². The number of fused-ring (bicyclic) bond motifs is 1. The first-order valence-electron chi connectivity index (χ1n) is 11.4. The zero-order valence-electron chi connectivity index (χ0n) is 18.8. The highest BCUT2D eigenvalue weighted by atomic mass is 32.2. The molecule has 33 heavy (non-hydrogen) atoms. The topological polar surface area (TPSA) is 73.7 Å². The van der Waals surface area contributed by atoms with Crippen molar-refractivity contribution in [2.75, 3.05) is 32.9 Å². The van der Waals surface area contributed by atoms with Crippen LogP contribution in [0.5, 0.6) is 0 Å². The Labute approximate surface area is 199 Å². The van der Waals surface area contributed by atoms with Crippen LogP contribution in [0.15, 0.2) is 52.5 Å². The Kier molecular flexibility index (Phi) is 6.76. The maximum absolute atomic E-state index is 13.2. The molecule has 0 aliphatic carbocycles. The molecule has 1 atom stereocenters. The van der Waals surface area contributed by atoms with Crippen LogP contribution in [-0.2, 0) is 31.8 Å². The molecule has 0 bridgehead atoms. The normalized spacial score (nSPS) is 20.0. The second-order valence-corrected chi connectivity index (χ2v) is 11.5. The molecule has 7 nitrogen and oxygen atoms in total. The van der Waals surface area contributed by atoms with E-state index in [2.05, 4.69) is 35.8 Å². The van der Waals surface area contributed by atoms with E-state index in [1.807, 2.05) is 6.07 Å². The van der Waals surface area contributed by atoms with E-state index in [1.165, 1.54) is 15.4 Å². The van der Waals surface area contributed by atoms with E-state index in [9.17, 15) is 8.42 Å². The molecule has 0 unspecified atom stereocenters. The lowest BCUT2D eigenvalue weighted by Crippen LogP contribution is -2.40. The Morgan fingerprint density at radius 2 is 1.97 bits per heavy atom. The highest BCUT2D eigenvalue weighted by Gasteiger charge is 2.27. The monoisotopic (exact) mass is 487 g/mol. The SMILES string of the molecule is Cc1cccc(CSc2nc3cc(S(=O)(=O)N4CCOCC4)ccc3n2C[C@H]2CCCO2)c1. The molecule has 2 fully saturated rings. The van der Waals surface area contributed by atoms with Gasteiger partial charge in [-0.1, -0.05) is 41.6 Å². The number of aryl methyl sites for hydroxylation is 1. The van der Waals surface area contributed by atoms with Crippen LogP contribution >= 0.6 is 11.8 Å². The first-order chi connectivity index (χ1) is 16.0. The first kappa shape index (κ1) is 22.9. The summed E-state index contributed by atoms with van der Waals surface area (Å²) in [6.07, 6.45) is 2.27. The minimum atomic E-state index is -3.57. The molecule has 2 aromatic carbocycles. The number of thioether (sulfide) groups is 1. The van der Waals surface area contributed by atoms with E-state index < -0.39 is 10.0 Å². The Morgan fingerprint density at radius 3 is 2.73 bits per heavy atom. The average Bonchev–Trinajstić information content (AvgIpc) is 3.46. The van der Waals surface area contributed by atoms with Crippen LogP contribution in [0.2, 0.25) is 0 Å². The Hall–Kier alpha value is -1.91. The van der Waals surface area contributed by atoms with Crippen molar-refractivity contribution in [3.63, 3.8) is 0 Å². The fourth-order valence-corrected chi connectivity index (χ4v) is 6.81. The van der Waals surface area contributed by atoms with Gasteiger partial charge in [-0.2, -0.15) is 4.31 Å². The first-order valence-corrected chi connectivity index (χ1v) is 13.8. The van der Waals surface area contributed by atoms with Crippen LogP contribution in [0.25, 0.3) is 11.0 Å². The molecule has 2 aliphatic heterocycles. The minimum Gasteiger partial charge on any atom is -0.379 e. The molecular weight excluding hydrogens is 458 g/mol. The van der Waals surface area contributed by atoms with Gasteiger partial charge in [-0.3, -0.25) is 0 Å². The van der Waals surface area contributed by atoms with Gasteiger partial charge in [0.1, 0.15) is 0 Å². The fraction of sp³-hybridized carbons (Fsp3) is 0.458. The molecule has 0 radical (unpaired) electrons. The summed E-state index contributed by atoms with van der Waals surface area (Å²) >= 11 is 1.68. The van der Waals surface area contributed by atoms with Crippen molar-refractivity contribution in [2.24, 2.45) is 0 Å². The zero-order valence-corrected chi connectivity index (χ0v) is 20.4. The molecule has 0 spiro atoms. The number of imidazole rings is 1. The molecule has 5 rings (SSSR count). The van der Waals surface area contributed by atoms with Gasteiger partial charge in [0, 0.05) is 25.4 Å². The van der Waals surface area contributed by atoms with E-state index in [-0.39, 0.29) is 11.0 Å². The van der Waals surface area contributed by atoms with Crippen molar-refractivity contribution in [2.45, 2.75) is 48.2 Å². The van der Waals surface area contributed by atoms with Gasteiger partial charge in [0.25, 0.3) is 0 Å². The summed E-state index contributed by atoms with van der Waals surface area (Å²) < 4.78 is 41.2. The summed E-state index contributed by atoms with van der Waals surface area (Å²) in [5.74, 6) is 0.801. The van der Waals surface area contributed by atoms with Crippen LogP contribution in [0.4, 0.5) is 0 Å². The van der Waals surface area contributed by atoms with Crippen molar-refractivity contribution >= 4 is 32.8 Å². The van der Waals surface area contributed by atoms with Crippen LogP contribution in [-0.4, -0.2) is 61.3 Å². The van der Waals surface area contributed by atoms with Gasteiger partial charge in [-0.05, 0) is 43.5 Å². The molecule has 1 aromatic heterocycles. The van der Waals surface area contributed by atoms with E-state index >= 15 is 0 Å². The maximum atomic E-state index is 13.2. The predicted molar refractivity (Wildman–Crippen MR) is 129 cm³/mol. The van der Waals surface area contributed by atoms with E-state index in [0.717, 1.165) is 42.4 Å². The number of hydrogen-bond acceptors (Lipinski definition) is 6. The van der Waals surface area contributed by atoms with E-state index in [1.54, 1.807) is 23.9 Å². The van der Waals surface area contributed by atoms with Crippen molar-refractivity contribution in [1.29, 1.82) is 0 Å². The lowest BCUT2D eigenvalue weighted by atomic mass is 10.2. The molecule has 2 saturated heterocycles. The van der Waals surface area contributed by atoms with Crippen molar-refractivity contribution in [1.82, 2.24) is 13.9 Å². The largest absolute Gasteiger partial charge is 0.379 e. The number of rotatable bonds is 7. The number of ether oxygens (including phenoxy) is 2. The second-order valence-electron chi connectivity index (χ2n) is 8.58. The van der Waals surface area contributed by atoms with Gasteiger partial charge in [0.2, 0.25) is 10.0 Å². The van der Waals surface area contributed by atoms with Crippen LogP contribution in [0, 0.1) is 6.92 Å². The van der Waals surface area contributed by atoms with Gasteiger partial charge in [0.15, 0.2) is 5.16 Å². The molecule has 0 amide bonds. The Morgan fingerprint density at radius 1 is 1.12 bits per heavy atom. The molecule has 0 saturated carbocycles. The Balaban J connectivity index is 1.47. The molecular formula is C24H29N3O4S2. The number of aromatic nitrogens is 2. The molecule has 3 aromatic rings. The maximum Gasteiger partial charge on any atom is 0.243 e. The summed E-state index contributed by atoms with van der Waals surface area (Å²) in [4.78, 5) is 5.16.